The molecule has 1 spiro atoms. The van der Waals surface area contributed by atoms with Crippen LogP contribution < -0.4 is 10.1 Å². The molecule has 1 saturated carbocycles. The number of nitrogens with zero attached hydrogens (tertiary/aromatic N) is 1. The number of benzene rings is 1. The first-order chi connectivity index (χ1) is 12.2. The van der Waals surface area contributed by atoms with E-state index < -0.39 is 0 Å². The number of piperidine rings is 1. The molecule has 136 valence electrons. The first kappa shape index (κ1) is 16.9. The minimum Gasteiger partial charge on any atom is -0.487 e. The summed E-state index contributed by atoms with van der Waals surface area (Å²) < 4.78 is 6.49. The average Bonchev–Trinajstić information content (AvgIpc) is 2.65. The van der Waals surface area contributed by atoms with Gasteiger partial charge in [-0.05, 0) is 38.8 Å². The normalized spacial score (nSPS) is 26.7. The molecule has 1 amide bonds. The third kappa shape index (κ3) is 3.55. The van der Waals surface area contributed by atoms with E-state index in [4.69, 9.17) is 4.74 Å². The Morgan fingerprint density at radius 1 is 1.16 bits per heavy atom. The van der Waals surface area contributed by atoms with Gasteiger partial charge in [-0.2, -0.15) is 0 Å². The molecule has 0 aromatic heterocycles. The number of nitrogens with one attached hydrogen (secondary N) is 1. The third-order valence-electron chi connectivity index (χ3n) is 6.39. The first-order valence-electron chi connectivity index (χ1n) is 9.92. The maximum atomic E-state index is 12.8. The van der Waals surface area contributed by atoms with Gasteiger partial charge in [0.05, 0.1) is 6.04 Å². The summed E-state index contributed by atoms with van der Waals surface area (Å²) in [7, 11) is 2.17. The second kappa shape index (κ2) is 6.99. The number of fused-ring (bicyclic) bond motifs is 1. The van der Waals surface area contributed by atoms with Crippen molar-refractivity contribution in [1.29, 1.82) is 0 Å². The molecule has 0 radical (unpaired) electrons. The SMILES string of the molecule is CN1CCC2(CC1)CC(NC(=O)C1CCCCC1)c1ccccc1O2. The molecule has 25 heavy (non-hydrogen) atoms. The molecule has 1 aromatic rings. The Labute approximate surface area is 150 Å². The Morgan fingerprint density at radius 2 is 1.88 bits per heavy atom. The van der Waals surface area contributed by atoms with E-state index in [9.17, 15) is 4.79 Å². The zero-order valence-corrected chi connectivity index (χ0v) is 15.3. The van der Waals surface area contributed by atoms with Crippen LogP contribution in [0.3, 0.4) is 0 Å². The predicted octanol–water partition coefficient (Wildman–Crippen LogP) is 3.67. The lowest BCUT2D eigenvalue weighted by Gasteiger charge is -2.46. The molecule has 3 aliphatic rings. The Bertz CT molecular complexity index is 616. The standard InChI is InChI=1S/C21H30N2O2/c1-23-13-11-21(12-14-23)15-18(17-9-5-6-10-19(17)25-21)22-20(24)16-7-3-2-4-8-16/h5-6,9-10,16,18H,2-4,7-8,11-15H2,1H3,(H,22,24). The van der Waals surface area contributed by atoms with Gasteiger partial charge in [-0.1, -0.05) is 37.5 Å². The van der Waals surface area contributed by atoms with Crippen molar-refractivity contribution in [2.75, 3.05) is 20.1 Å². The van der Waals surface area contributed by atoms with Gasteiger partial charge in [-0.3, -0.25) is 4.79 Å². The van der Waals surface area contributed by atoms with E-state index in [1.54, 1.807) is 0 Å². The van der Waals surface area contributed by atoms with Crippen molar-refractivity contribution in [2.45, 2.75) is 63.0 Å². The molecule has 1 saturated heterocycles. The van der Waals surface area contributed by atoms with Crippen molar-refractivity contribution in [3.63, 3.8) is 0 Å². The highest BCUT2D eigenvalue weighted by molar-refractivity contribution is 5.79. The maximum Gasteiger partial charge on any atom is 0.223 e. The maximum absolute atomic E-state index is 12.8. The van der Waals surface area contributed by atoms with E-state index in [2.05, 4.69) is 35.5 Å². The van der Waals surface area contributed by atoms with Crippen LogP contribution >= 0.6 is 0 Å². The van der Waals surface area contributed by atoms with Crippen LogP contribution in [0.25, 0.3) is 0 Å². The molecular formula is C21H30N2O2. The largest absolute Gasteiger partial charge is 0.487 e. The summed E-state index contributed by atoms with van der Waals surface area (Å²) in [5.74, 6) is 1.42. The quantitative estimate of drug-likeness (QED) is 0.891. The van der Waals surface area contributed by atoms with Gasteiger partial charge in [0.15, 0.2) is 0 Å². The zero-order chi connectivity index (χ0) is 17.3. The fraction of sp³-hybridized carbons (Fsp3) is 0.667. The number of likely N-dealkylation sites (tertiary alicyclic amines) is 1. The van der Waals surface area contributed by atoms with Crippen molar-refractivity contribution in [1.82, 2.24) is 10.2 Å². The molecule has 4 nitrogen and oxygen atoms in total. The van der Waals surface area contributed by atoms with Crippen LogP contribution in [-0.2, 0) is 4.79 Å². The smallest absolute Gasteiger partial charge is 0.223 e. The van der Waals surface area contributed by atoms with Crippen molar-refractivity contribution in [3.05, 3.63) is 29.8 Å². The minimum absolute atomic E-state index is 0.0859. The molecule has 1 unspecified atom stereocenters. The van der Waals surface area contributed by atoms with Gasteiger partial charge >= 0.3 is 0 Å². The number of ether oxygens (including phenoxy) is 1. The summed E-state index contributed by atoms with van der Waals surface area (Å²) in [5.41, 5.74) is 1.03. The van der Waals surface area contributed by atoms with Gasteiger partial charge in [0.25, 0.3) is 0 Å². The van der Waals surface area contributed by atoms with Crippen LogP contribution in [0, 0.1) is 5.92 Å². The summed E-state index contributed by atoms with van der Waals surface area (Å²) in [6, 6.07) is 8.35. The first-order valence-corrected chi connectivity index (χ1v) is 9.92. The number of hydrogen-bond donors (Lipinski definition) is 1. The minimum atomic E-state index is -0.120. The second-order valence-corrected chi connectivity index (χ2v) is 8.23. The highest BCUT2D eigenvalue weighted by Crippen LogP contribution is 2.44. The van der Waals surface area contributed by atoms with Gasteiger partial charge in [0, 0.05) is 31.0 Å². The van der Waals surface area contributed by atoms with E-state index in [0.717, 1.165) is 56.5 Å². The van der Waals surface area contributed by atoms with E-state index >= 15 is 0 Å². The van der Waals surface area contributed by atoms with E-state index in [1.165, 1.54) is 19.3 Å². The van der Waals surface area contributed by atoms with Gasteiger partial charge in [-0.15, -0.1) is 0 Å². The molecular weight excluding hydrogens is 312 g/mol. The van der Waals surface area contributed by atoms with Crippen LogP contribution in [0.4, 0.5) is 0 Å². The fourth-order valence-corrected chi connectivity index (χ4v) is 4.73. The van der Waals surface area contributed by atoms with Crippen LogP contribution in [0.15, 0.2) is 24.3 Å². The highest BCUT2D eigenvalue weighted by atomic mass is 16.5. The van der Waals surface area contributed by atoms with Gasteiger partial charge < -0.3 is 15.0 Å². The van der Waals surface area contributed by atoms with Crippen molar-refractivity contribution in [3.8, 4) is 5.75 Å². The highest BCUT2D eigenvalue weighted by Gasteiger charge is 2.43. The lowest BCUT2D eigenvalue weighted by atomic mass is 9.80. The van der Waals surface area contributed by atoms with Gasteiger partial charge in [0.2, 0.25) is 5.91 Å². The Balaban J connectivity index is 1.54. The molecule has 1 aromatic carbocycles. The molecule has 1 N–H and O–H groups in total. The third-order valence-corrected chi connectivity index (χ3v) is 6.39. The number of para-hydroxylation sites is 1. The molecule has 1 aliphatic carbocycles. The van der Waals surface area contributed by atoms with E-state index in [0.29, 0.717) is 0 Å². The summed E-state index contributed by atoms with van der Waals surface area (Å²) >= 11 is 0. The zero-order valence-electron chi connectivity index (χ0n) is 15.3. The molecule has 2 fully saturated rings. The topological polar surface area (TPSA) is 41.6 Å². The predicted molar refractivity (Wildman–Crippen MR) is 98.6 cm³/mol. The number of carbonyl (C=O) groups is 1. The Hall–Kier alpha value is -1.55. The van der Waals surface area contributed by atoms with Crippen molar-refractivity contribution >= 4 is 5.91 Å². The van der Waals surface area contributed by atoms with E-state index in [-0.39, 0.29) is 23.5 Å². The van der Waals surface area contributed by atoms with Gasteiger partial charge in [0.1, 0.15) is 11.4 Å². The van der Waals surface area contributed by atoms with Crippen LogP contribution in [-0.4, -0.2) is 36.5 Å². The summed E-state index contributed by atoms with van der Waals surface area (Å²) in [6.45, 7) is 2.12. The molecule has 0 bridgehead atoms. The Morgan fingerprint density at radius 3 is 2.64 bits per heavy atom. The monoisotopic (exact) mass is 342 g/mol. The molecule has 1 atom stereocenters. The number of amides is 1. The molecule has 4 rings (SSSR count). The fourth-order valence-electron chi connectivity index (χ4n) is 4.73. The lowest BCUT2D eigenvalue weighted by molar-refractivity contribution is -0.127. The lowest BCUT2D eigenvalue weighted by Crippen LogP contribution is -2.52. The van der Waals surface area contributed by atoms with E-state index in [1.807, 2.05) is 6.07 Å². The summed E-state index contributed by atoms with van der Waals surface area (Å²) in [5, 5.41) is 3.40. The number of hydrogen-bond acceptors (Lipinski definition) is 3. The molecule has 4 heteroatoms. The van der Waals surface area contributed by atoms with Crippen molar-refractivity contribution < 1.29 is 9.53 Å². The number of rotatable bonds is 2. The van der Waals surface area contributed by atoms with Crippen LogP contribution in [0.1, 0.15) is 63.0 Å². The van der Waals surface area contributed by atoms with Crippen LogP contribution in [0.2, 0.25) is 0 Å². The average molecular weight is 342 g/mol. The van der Waals surface area contributed by atoms with Crippen LogP contribution in [0.5, 0.6) is 5.75 Å². The van der Waals surface area contributed by atoms with Gasteiger partial charge in [-0.25, -0.2) is 0 Å². The van der Waals surface area contributed by atoms with Crippen molar-refractivity contribution in [2.24, 2.45) is 5.92 Å². The Kier molecular flexibility index (Phi) is 4.72. The molecule has 2 aliphatic heterocycles. The number of carbonyl (C=O) groups excluding carboxylic acids is 1. The summed E-state index contributed by atoms with van der Waals surface area (Å²) in [6.07, 6.45) is 8.73. The summed E-state index contributed by atoms with van der Waals surface area (Å²) in [4.78, 5) is 15.2. The second-order valence-electron chi connectivity index (χ2n) is 8.23. The molecule has 2 heterocycles.